The lowest BCUT2D eigenvalue weighted by Gasteiger charge is -2.19. The Labute approximate surface area is 232 Å². The van der Waals surface area contributed by atoms with Gasteiger partial charge in [-0.15, -0.1) is 0 Å². The number of hydrogen-bond acceptors (Lipinski definition) is 5. The van der Waals surface area contributed by atoms with Crippen LogP contribution in [0.4, 0.5) is 5.69 Å². The summed E-state index contributed by atoms with van der Waals surface area (Å²) in [5.41, 5.74) is 14.5. The van der Waals surface area contributed by atoms with Gasteiger partial charge in [-0.3, -0.25) is 4.79 Å². The van der Waals surface area contributed by atoms with Crippen LogP contribution in [-0.4, -0.2) is 50.8 Å². The van der Waals surface area contributed by atoms with Crippen LogP contribution >= 0.6 is 0 Å². The third-order valence-corrected chi connectivity index (χ3v) is 6.56. The fourth-order valence-corrected chi connectivity index (χ4v) is 4.45. The zero-order valence-corrected chi connectivity index (χ0v) is 23.5. The fourth-order valence-electron chi connectivity index (χ4n) is 4.45. The summed E-state index contributed by atoms with van der Waals surface area (Å²) >= 11 is 0. The molecule has 0 spiro atoms. The van der Waals surface area contributed by atoms with E-state index < -0.39 is 0 Å². The van der Waals surface area contributed by atoms with E-state index in [1.807, 2.05) is 36.4 Å². The SMILES string of the molecule is CC/C(=C(/c1ccc(OCCNC/C=C/C(=O)N(C)C)cc1)c1ccc(N)c(C=N)c1)c1ccccc1CC. The minimum absolute atomic E-state index is 0.0287. The molecule has 0 aliphatic heterocycles. The molecule has 6 nitrogen and oxygen atoms in total. The molecular weight excluding hydrogens is 484 g/mol. The topological polar surface area (TPSA) is 91.4 Å². The molecule has 0 aliphatic carbocycles. The molecular formula is C33H40N4O2. The van der Waals surface area contributed by atoms with Crippen LogP contribution in [-0.2, 0) is 11.2 Å². The summed E-state index contributed by atoms with van der Waals surface area (Å²) in [5, 5.41) is 11.1. The Balaban J connectivity index is 1.85. The first-order valence-electron chi connectivity index (χ1n) is 13.4. The molecule has 3 rings (SSSR count). The number of rotatable bonds is 13. The van der Waals surface area contributed by atoms with Crippen molar-refractivity contribution in [3.05, 3.63) is 107 Å². The number of allylic oxidation sites excluding steroid dienone is 1. The zero-order chi connectivity index (χ0) is 28.2. The smallest absolute Gasteiger partial charge is 0.245 e. The maximum atomic E-state index is 11.6. The molecule has 0 aliphatic rings. The van der Waals surface area contributed by atoms with Crippen molar-refractivity contribution in [2.45, 2.75) is 26.7 Å². The first-order valence-corrected chi connectivity index (χ1v) is 13.4. The van der Waals surface area contributed by atoms with Gasteiger partial charge in [-0.2, -0.15) is 0 Å². The third kappa shape index (κ3) is 7.91. The van der Waals surface area contributed by atoms with Gasteiger partial charge in [0.15, 0.2) is 0 Å². The number of carbonyl (C=O) groups is 1. The van der Waals surface area contributed by atoms with Crippen LogP contribution in [0, 0.1) is 5.41 Å². The Morgan fingerprint density at radius 1 is 1.03 bits per heavy atom. The van der Waals surface area contributed by atoms with Gasteiger partial charge in [-0.1, -0.05) is 62.4 Å². The lowest BCUT2D eigenvalue weighted by molar-refractivity contribution is -0.123. The maximum Gasteiger partial charge on any atom is 0.245 e. The average molecular weight is 525 g/mol. The van der Waals surface area contributed by atoms with Crippen molar-refractivity contribution in [1.82, 2.24) is 10.2 Å². The van der Waals surface area contributed by atoms with E-state index in [4.69, 9.17) is 15.9 Å². The van der Waals surface area contributed by atoms with Gasteiger partial charge in [-0.25, -0.2) is 0 Å². The predicted molar refractivity (Wildman–Crippen MR) is 163 cm³/mol. The number of benzene rings is 3. The van der Waals surface area contributed by atoms with E-state index in [1.165, 1.54) is 27.8 Å². The highest BCUT2D eigenvalue weighted by molar-refractivity contribution is 6.00. The first-order chi connectivity index (χ1) is 18.9. The van der Waals surface area contributed by atoms with Gasteiger partial charge in [0.05, 0.1) is 0 Å². The number of nitrogens with two attached hydrogens (primary N) is 1. The van der Waals surface area contributed by atoms with Crippen molar-refractivity contribution in [1.29, 1.82) is 5.41 Å². The Morgan fingerprint density at radius 2 is 1.74 bits per heavy atom. The molecule has 4 N–H and O–H groups in total. The number of nitrogens with zero attached hydrogens (tertiary/aromatic N) is 1. The number of nitrogens with one attached hydrogen (secondary N) is 2. The highest BCUT2D eigenvalue weighted by atomic mass is 16.5. The van der Waals surface area contributed by atoms with Gasteiger partial charge in [0.1, 0.15) is 12.4 Å². The standard InChI is InChI=1S/C33H40N4O2/c1-5-24-10-7-8-11-30(24)29(6-2)33(26-15-18-31(35)27(22-26)23-34)25-13-16-28(17-14-25)39-21-20-36-19-9-12-32(38)37(3)4/h7-18,22-23,34,36H,5-6,19-21,35H2,1-4H3/b12-9+,33-29+,34-23?. The van der Waals surface area contributed by atoms with Gasteiger partial charge in [0.2, 0.25) is 5.91 Å². The van der Waals surface area contributed by atoms with E-state index in [9.17, 15) is 4.79 Å². The summed E-state index contributed by atoms with van der Waals surface area (Å²) in [7, 11) is 3.46. The van der Waals surface area contributed by atoms with E-state index >= 15 is 0 Å². The molecule has 0 unspecified atom stereocenters. The van der Waals surface area contributed by atoms with Crippen LogP contribution in [0.5, 0.6) is 5.75 Å². The average Bonchev–Trinajstić information content (AvgIpc) is 2.96. The summed E-state index contributed by atoms with van der Waals surface area (Å²) < 4.78 is 5.95. The summed E-state index contributed by atoms with van der Waals surface area (Å²) in [6, 6.07) is 22.7. The van der Waals surface area contributed by atoms with Crippen LogP contribution in [0.25, 0.3) is 11.1 Å². The number of nitrogen functional groups attached to an aromatic ring is 1. The van der Waals surface area contributed by atoms with Crippen molar-refractivity contribution < 1.29 is 9.53 Å². The minimum atomic E-state index is -0.0287. The number of anilines is 1. The summed E-state index contributed by atoms with van der Waals surface area (Å²) in [6.07, 6.45) is 6.49. The van der Waals surface area contributed by atoms with Crippen molar-refractivity contribution >= 4 is 29.0 Å². The van der Waals surface area contributed by atoms with E-state index in [0.717, 1.165) is 35.3 Å². The zero-order valence-electron chi connectivity index (χ0n) is 23.5. The number of carbonyl (C=O) groups excluding carboxylic acids is 1. The van der Waals surface area contributed by atoms with Gasteiger partial charge < -0.3 is 26.1 Å². The van der Waals surface area contributed by atoms with Gasteiger partial charge >= 0.3 is 0 Å². The second-order valence-corrected chi connectivity index (χ2v) is 9.42. The van der Waals surface area contributed by atoms with Crippen LogP contribution in [0.3, 0.4) is 0 Å². The van der Waals surface area contributed by atoms with Crippen LogP contribution < -0.4 is 15.8 Å². The van der Waals surface area contributed by atoms with Gasteiger partial charge in [0.25, 0.3) is 0 Å². The van der Waals surface area contributed by atoms with Crippen LogP contribution in [0.2, 0.25) is 0 Å². The van der Waals surface area contributed by atoms with Crippen molar-refractivity contribution in [2.75, 3.05) is 39.5 Å². The van der Waals surface area contributed by atoms with E-state index in [0.29, 0.717) is 30.9 Å². The molecule has 0 saturated heterocycles. The molecule has 6 heteroatoms. The molecule has 39 heavy (non-hydrogen) atoms. The monoisotopic (exact) mass is 524 g/mol. The van der Waals surface area contributed by atoms with Crippen LogP contribution in [0.1, 0.15) is 48.1 Å². The molecule has 0 aromatic heterocycles. The van der Waals surface area contributed by atoms with Crippen molar-refractivity contribution in [2.24, 2.45) is 0 Å². The highest BCUT2D eigenvalue weighted by Gasteiger charge is 2.16. The van der Waals surface area contributed by atoms with Gasteiger partial charge in [0, 0.05) is 50.7 Å². The van der Waals surface area contributed by atoms with Gasteiger partial charge in [-0.05, 0) is 70.5 Å². The highest BCUT2D eigenvalue weighted by Crippen LogP contribution is 2.37. The quantitative estimate of drug-likeness (QED) is 0.0865. The molecule has 0 heterocycles. The fraction of sp³-hybridized carbons (Fsp3) is 0.273. The van der Waals surface area contributed by atoms with Crippen molar-refractivity contribution in [3.8, 4) is 5.75 Å². The molecule has 0 bridgehead atoms. The predicted octanol–water partition coefficient (Wildman–Crippen LogP) is 5.81. The normalized spacial score (nSPS) is 11.8. The molecule has 3 aromatic rings. The Kier molecular flexibility index (Phi) is 11.1. The molecule has 204 valence electrons. The van der Waals surface area contributed by atoms with E-state index in [2.05, 4.69) is 55.6 Å². The Morgan fingerprint density at radius 3 is 2.41 bits per heavy atom. The van der Waals surface area contributed by atoms with E-state index in [-0.39, 0.29) is 5.91 Å². The Bertz CT molecular complexity index is 1320. The lowest BCUT2D eigenvalue weighted by atomic mass is 9.85. The number of hydrogen-bond donors (Lipinski definition) is 3. The van der Waals surface area contributed by atoms with Crippen molar-refractivity contribution in [3.63, 3.8) is 0 Å². The lowest BCUT2D eigenvalue weighted by Crippen LogP contribution is -2.22. The largest absolute Gasteiger partial charge is 0.492 e. The molecule has 0 atom stereocenters. The maximum absolute atomic E-state index is 11.6. The van der Waals surface area contributed by atoms with E-state index in [1.54, 1.807) is 20.2 Å². The molecule has 0 fully saturated rings. The number of ether oxygens (including phenoxy) is 1. The molecule has 3 aromatic carbocycles. The number of likely N-dealkylation sites (N-methyl/N-ethyl adjacent to an activating group) is 1. The summed E-state index contributed by atoms with van der Waals surface area (Å²) in [4.78, 5) is 13.1. The first kappa shape index (κ1) is 29.4. The summed E-state index contributed by atoms with van der Waals surface area (Å²) in [6.45, 7) is 6.16. The number of amides is 1. The molecule has 1 amide bonds. The second-order valence-electron chi connectivity index (χ2n) is 9.42. The second kappa shape index (κ2) is 14.7. The number of aryl methyl sites for hydroxylation is 1. The molecule has 0 saturated carbocycles. The third-order valence-electron chi connectivity index (χ3n) is 6.56. The minimum Gasteiger partial charge on any atom is -0.492 e. The summed E-state index contributed by atoms with van der Waals surface area (Å²) in [5.74, 6) is 0.765. The molecule has 0 radical (unpaired) electrons. The van der Waals surface area contributed by atoms with Crippen LogP contribution in [0.15, 0.2) is 78.9 Å². The Hall–Kier alpha value is -4.16.